The summed E-state index contributed by atoms with van der Waals surface area (Å²) in [5.41, 5.74) is 1.86. The summed E-state index contributed by atoms with van der Waals surface area (Å²) in [7, 11) is 0. The monoisotopic (exact) mass is 532 g/mol. The van der Waals surface area contributed by atoms with Crippen LogP contribution in [0.15, 0.2) is 0 Å². The summed E-state index contributed by atoms with van der Waals surface area (Å²) >= 11 is 14.5. The first-order chi connectivity index (χ1) is 15.2. The first-order valence-corrected chi connectivity index (χ1v) is 12.6. The van der Waals surface area contributed by atoms with Crippen LogP contribution in [0.25, 0.3) is 0 Å². The zero-order valence-electron chi connectivity index (χ0n) is 17.2. The quantitative estimate of drug-likeness (QED) is 0.0796. The molecule has 8 N–H and O–H groups in total. The van der Waals surface area contributed by atoms with Crippen molar-refractivity contribution >= 4 is 52.6 Å². The normalized spacial score (nSPS) is 37.8. The molecule has 0 aliphatic carbocycles. The highest BCUT2D eigenvalue weighted by atomic mass is 35.5. The van der Waals surface area contributed by atoms with Gasteiger partial charge < -0.3 is 5.73 Å². The topological polar surface area (TPSA) is 115 Å². The number of hydrogen-bond donors (Lipinski definition) is 7. The molecule has 0 aromatic heterocycles. The summed E-state index contributed by atoms with van der Waals surface area (Å²) in [5.74, 6) is 0.885. The summed E-state index contributed by atoms with van der Waals surface area (Å²) in [4.78, 5) is 11.9. The van der Waals surface area contributed by atoms with Crippen molar-refractivity contribution in [1.29, 1.82) is 0 Å². The fraction of sp³-hybridized carbons (Fsp3) is 0.933. The Kier molecular flexibility index (Phi) is 11.5. The Hall–Kier alpha value is 0.230. The Morgan fingerprint density at radius 3 is 2.00 bits per heavy atom. The van der Waals surface area contributed by atoms with E-state index in [1.165, 1.54) is 23.5 Å². The first-order valence-electron chi connectivity index (χ1n) is 9.99. The molecule has 31 heavy (non-hydrogen) atoms. The van der Waals surface area contributed by atoms with E-state index in [1.807, 2.05) is 16.4 Å². The molecule has 0 spiro atoms. The Bertz CT molecular complexity index is 588. The number of rotatable bonds is 12. The summed E-state index contributed by atoms with van der Waals surface area (Å²) in [6, 6.07) is 0. The van der Waals surface area contributed by atoms with Gasteiger partial charge in [-0.3, -0.25) is 26.1 Å². The lowest BCUT2D eigenvalue weighted by Gasteiger charge is -2.34. The number of hydrogen-bond acceptors (Lipinski definition) is 9. The van der Waals surface area contributed by atoms with E-state index in [0.29, 0.717) is 30.3 Å². The number of alkyl halides is 6. The number of thioether (sulfide) groups is 2. The lowest BCUT2D eigenvalue weighted by Crippen LogP contribution is -2.66. The summed E-state index contributed by atoms with van der Waals surface area (Å²) in [5, 5.41) is 12.2. The number of carbonyl (C=O) groups is 1. The standard InChI is InChI=1S/C15H27Cl2F4N7OS2/c16-7-9(18)25-14(20)27-12(7)23-1-3-30-5-6(11(22)29)31-4-2-24-13-8(17)10(19)26-15(21)28-13/h6-10,12-15,23-28H,1-5H2,(H2,22,29)/i/hD. The lowest BCUT2D eigenvalue weighted by atomic mass is 10.2. The van der Waals surface area contributed by atoms with E-state index in [0.717, 1.165) is 0 Å². The van der Waals surface area contributed by atoms with Crippen LogP contribution >= 0.6 is 46.7 Å². The SMILES string of the molecule is [2H]NC(=O)C(CSCCNC1NC(F)NC(F)C1Cl)SCCNC1NC(F)NC(F)C1Cl. The maximum Gasteiger partial charge on any atom is 0.231 e. The molecule has 16 heteroatoms. The molecule has 9 atom stereocenters. The maximum atomic E-state index is 13.5. The van der Waals surface area contributed by atoms with Crippen molar-refractivity contribution < 1.29 is 23.8 Å². The molecule has 9 unspecified atom stereocenters. The smallest absolute Gasteiger partial charge is 0.231 e. The van der Waals surface area contributed by atoms with E-state index in [1.54, 1.807) is 0 Å². The van der Waals surface area contributed by atoms with E-state index in [2.05, 4.69) is 21.3 Å². The predicted octanol–water partition coefficient (Wildman–Crippen LogP) is -0.164. The van der Waals surface area contributed by atoms with Gasteiger partial charge in [0.2, 0.25) is 18.7 Å². The van der Waals surface area contributed by atoms with Gasteiger partial charge in [0.1, 0.15) is 10.8 Å². The molecule has 1 amide bonds. The summed E-state index contributed by atoms with van der Waals surface area (Å²) in [6.45, 7) is 0.714. The minimum atomic E-state index is -1.72. The maximum absolute atomic E-state index is 13.5. The second-order valence-corrected chi connectivity index (χ2v) is 10.2. The zero-order chi connectivity index (χ0) is 23.7. The number of primary amides is 1. The molecule has 2 saturated heterocycles. The van der Waals surface area contributed by atoms with Crippen molar-refractivity contribution in [3.8, 4) is 0 Å². The number of amides is 1. The third kappa shape index (κ3) is 9.18. The van der Waals surface area contributed by atoms with Gasteiger partial charge in [-0.05, 0) is 0 Å². The van der Waals surface area contributed by atoms with Crippen LogP contribution in [0.1, 0.15) is 0 Å². The highest BCUT2D eigenvalue weighted by Gasteiger charge is 2.36. The van der Waals surface area contributed by atoms with Gasteiger partial charge in [0, 0.05) is 30.3 Å². The Morgan fingerprint density at radius 1 is 0.968 bits per heavy atom. The Morgan fingerprint density at radius 2 is 1.48 bits per heavy atom. The van der Waals surface area contributed by atoms with Gasteiger partial charge in [-0.2, -0.15) is 11.8 Å². The number of nitrogens with one attached hydrogen (secondary N) is 6. The summed E-state index contributed by atoms with van der Waals surface area (Å²) in [6.07, 6.45) is -8.36. The molecule has 2 rings (SSSR count). The molecule has 2 aliphatic rings. The highest BCUT2D eigenvalue weighted by Crippen LogP contribution is 2.18. The van der Waals surface area contributed by atoms with Crippen LogP contribution in [-0.2, 0) is 4.79 Å². The molecule has 0 aromatic rings. The zero-order valence-corrected chi connectivity index (χ0v) is 19.4. The van der Waals surface area contributed by atoms with Gasteiger partial charge in [0.25, 0.3) is 0 Å². The molecule has 8 nitrogen and oxygen atoms in total. The fourth-order valence-corrected chi connectivity index (χ4v) is 5.44. The highest BCUT2D eigenvalue weighted by molar-refractivity contribution is 8.03. The summed E-state index contributed by atoms with van der Waals surface area (Å²) < 4.78 is 60.8. The van der Waals surface area contributed by atoms with Crippen molar-refractivity contribution in [1.82, 2.24) is 31.9 Å². The Labute approximate surface area is 198 Å². The predicted molar refractivity (Wildman–Crippen MR) is 118 cm³/mol. The van der Waals surface area contributed by atoms with Crippen LogP contribution in [0, 0.1) is 0 Å². The molecular formula is C15H27Cl2F4N7OS2. The number of nitrogens with two attached hydrogens (primary N) is 1. The van der Waals surface area contributed by atoms with Gasteiger partial charge in [-0.15, -0.1) is 35.0 Å². The number of halogens is 6. The van der Waals surface area contributed by atoms with E-state index in [4.69, 9.17) is 24.6 Å². The van der Waals surface area contributed by atoms with Crippen molar-refractivity contribution in [2.24, 2.45) is 5.73 Å². The van der Waals surface area contributed by atoms with Crippen LogP contribution in [0.5, 0.6) is 0 Å². The molecule has 0 aromatic carbocycles. The van der Waals surface area contributed by atoms with Crippen LogP contribution in [0.4, 0.5) is 17.6 Å². The lowest BCUT2D eigenvalue weighted by molar-refractivity contribution is -0.117. The molecule has 2 fully saturated rings. The Balaban J connectivity index is 1.65. The molecule has 0 saturated carbocycles. The van der Waals surface area contributed by atoms with Gasteiger partial charge in [-0.1, -0.05) is 0 Å². The van der Waals surface area contributed by atoms with Gasteiger partial charge in [0.15, 0.2) is 14.0 Å². The minimum Gasteiger partial charge on any atom is -0.369 e. The van der Waals surface area contributed by atoms with Crippen LogP contribution in [0.3, 0.4) is 0 Å². The largest absolute Gasteiger partial charge is 0.369 e. The van der Waals surface area contributed by atoms with Crippen molar-refractivity contribution in [2.45, 2.75) is 53.8 Å². The average molecular weight is 533 g/mol. The van der Waals surface area contributed by atoms with Gasteiger partial charge >= 0.3 is 0 Å². The first kappa shape index (κ1) is 25.8. The van der Waals surface area contributed by atoms with Crippen molar-refractivity contribution in [3.63, 3.8) is 0 Å². The van der Waals surface area contributed by atoms with E-state index < -0.39 is 59.7 Å². The van der Waals surface area contributed by atoms with Crippen LogP contribution in [-0.4, -0.2) is 90.0 Å². The molecule has 182 valence electrons. The second kappa shape index (κ2) is 13.8. The molecular weight excluding hydrogens is 505 g/mol. The molecule has 2 aliphatic heterocycles. The van der Waals surface area contributed by atoms with Crippen LogP contribution < -0.4 is 37.6 Å². The average Bonchev–Trinajstić information content (AvgIpc) is 2.75. The fourth-order valence-electron chi connectivity index (χ4n) is 2.83. The molecule has 0 radical (unpaired) electrons. The third-order valence-corrected chi connectivity index (χ3v) is 7.86. The second-order valence-electron chi connectivity index (χ2n) is 6.75. The van der Waals surface area contributed by atoms with E-state index in [9.17, 15) is 22.4 Å². The third-order valence-electron chi connectivity index (χ3n) is 4.42. The number of carbonyl (C=O) groups excluding carboxylic acids is 1. The molecule has 2 heterocycles. The minimum absolute atomic E-state index is 0.326. The molecule has 0 bridgehead atoms. The van der Waals surface area contributed by atoms with Gasteiger partial charge in [0.05, 0.1) is 17.6 Å². The van der Waals surface area contributed by atoms with E-state index >= 15 is 0 Å². The van der Waals surface area contributed by atoms with Crippen LogP contribution in [0.2, 0.25) is 1.41 Å². The van der Waals surface area contributed by atoms with Crippen molar-refractivity contribution in [2.75, 3.05) is 30.3 Å². The van der Waals surface area contributed by atoms with E-state index in [-0.39, 0.29) is 0 Å². The van der Waals surface area contributed by atoms with Gasteiger partial charge in [-0.25, -0.2) is 28.2 Å². The van der Waals surface area contributed by atoms with Crippen molar-refractivity contribution in [3.05, 3.63) is 0 Å².